The van der Waals surface area contributed by atoms with E-state index in [1.165, 1.54) is 0 Å². The molecule has 0 aliphatic heterocycles. The number of carbonyl (C=O) groups excluding carboxylic acids is 1. The molecule has 28 heavy (non-hydrogen) atoms. The smallest absolute Gasteiger partial charge is 0.273 e. The summed E-state index contributed by atoms with van der Waals surface area (Å²) >= 11 is 0. The van der Waals surface area contributed by atoms with Gasteiger partial charge in [0.2, 0.25) is 0 Å². The number of aromatic nitrogens is 1. The topological polar surface area (TPSA) is 82.8 Å². The first-order valence-electron chi connectivity index (χ1n) is 8.95. The molecule has 1 aromatic heterocycles. The molecular formula is C21H22N2O5. The number of nitrogens with one attached hydrogen (secondary N) is 1. The van der Waals surface area contributed by atoms with Gasteiger partial charge in [-0.2, -0.15) is 0 Å². The second-order valence-corrected chi connectivity index (χ2v) is 5.79. The van der Waals surface area contributed by atoms with Gasteiger partial charge in [0.25, 0.3) is 5.91 Å². The molecule has 3 aromatic rings. The van der Waals surface area contributed by atoms with Gasteiger partial charge >= 0.3 is 0 Å². The van der Waals surface area contributed by atoms with Gasteiger partial charge < -0.3 is 24.1 Å². The van der Waals surface area contributed by atoms with Crippen molar-refractivity contribution in [2.24, 2.45) is 0 Å². The van der Waals surface area contributed by atoms with Crippen LogP contribution < -0.4 is 19.5 Å². The van der Waals surface area contributed by atoms with Crippen LogP contribution in [-0.2, 0) is 0 Å². The number of carbonyl (C=O) groups is 1. The molecule has 0 aliphatic rings. The molecule has 7 heteroatoms. The number of methoxy groups -OCH3 is 1. The molecule has 1 N–H and O–H groups in total. The minimum absolute atomic E-state index is 0.209. The number of benzene rings is 2. The van der Waals surface area contributed by atoms with E-state index in [1.54, 1.807) is 19.2 Å². The van der Waals surface area contributed by atoms with Gasteiger partial charge in [0.15, 0.2) is 23.0 Å². The maximum Gasteiger partial charge on any atom is 0.273 e. The molecule has 0 aliphatic carbocycles. The van der Waals surface area contributed by atoms with Crippen LogP contribution in [0, 0.1) is 0 Å². The van der Waals surface area contributed by atoms with Gasteiger partial charge in [0.1, 0.15) is 12.4 Å². The number of nitrogens with zero attached hydrogens (tertiary/aromatic N) is 1. The third-order valence-electron chi connectivity index (χ3n) is 3.91. The van der Waals surface area contributed by atoms with E-state index in [9.17, 15) is 4.79 Å². The Morgan fingerprint density at radius 3 is 2.54 bits per heavy atom. The van der Waals surface area contributed by atoms with Crippen LogP contribution in [0.15, 0.2) is 59.1 Å². The number of hydrogen-bond acceptors (Lipinski definition) is 6. The highest BCUT2D eigenvalue weighted by molar-refractivity contribution is 5.93. The monoisotopic (exact) mass is 382 g/mol. The fourth-order valence-corrected chi connectivity index (χ4v) is 2.55. The largest absolute Gasteiger partial charge is 0.494 e. The van der Waals surface area contributed by atoms with Crippen molar-refractivity contribution in [1.29, 1.82) is 0 Å². The first-order chi connectivity index (χ1) is 13.7. The Morgan fingerprint density at radius 1 is 1.07 bits per heavy atom. The van der Waals surface area contributed by atoms with Crippen molar-refractivity contribution in [1.82, 2.24) is 10.5 Å². The van der Waals surface area contributed by atoms with Gasteiger partial charge in [-0.25, -0.2) is 0 Å². The van der Waals surface area contributed by atoms with E-state index in [2.05, 4.69) is 10.5 Å². The molecule has 1 amide bonds. The Kier molecular flexibility index (Phi) is 6.51. The summed E-state index contributed by atoms with van der Waals surface area (Å²) in [6.07, 6.45) is 0. The average molecular weight is 382 g/mol. The average Bonchev–Trinajstić information content (AvgIpc) is 3.22. The third kappa shape index (κ3) is 4.82. The Labute approximate surface area is 163 Å². The predicted molar refractivity (Wildman–Crippen MR) is 104 cm³/mol. The molecule has 0 radical (unpaired) electrons. The van der Waals surface area contributed by atoms with Gasteiger partial charge in [-0.3, -0.25) is 4.79 Å². The minimum Gasteiger partial charge on any atom is -0.494 e. The Balaban J connectivity index is 1.51. The summed E-state index contributed by atoms with van der Waals surface area (Å²) in [6, 6.07) is 16.3. The third-order valence-corrected chi connectivity index (χ3v) is 3.91. The molecule has 0 saturated carbocycles. The molecule has 1 heterocycles. The summed E-state index contributed by atoms with van der Waals surface area (Å²) in [7, 11) is 1.58. The summed E-state index contributed by atoms with van der Waals surface area (Å²) in [6.45, 7) is 3.15. The Morgan fingerprint density at radius 2 is 1.82 bits per heavy atom. The highest BCUT2D eigenvalue weighted by Crippen LogP contribution is 2.25. The van der Waals surface area contributed by atoms with Gasteiger partial charge in [0, 0.05) is 11.6 Å². The van der Waals surface area contributed by atoms with Crippen LogP contribution in [0.25, 0.3) is 11.3 Å². The Hall–Kier alpha value is -3.48. The molecular weight excluding hydrogens is 360 g/mol. The second-order valence-electron chi connectivity index (χ2n) is 5.79. The summed E-state index contributed by atoms with van der Waals surface area (Å²) in [4.78, 5) is 12.2. The van der Waals surface area contributed by atoms with E-state index in [0.717, 1.165) is 11.3 Å². The molecule has 0 atom stereocenters. The van der Waals surface area contributed by atoms with E-state index in [-0.39, 0.29) is 11.6 Å². The van der Waals surface area contributed by atoms with E-state index in [4.69, 9.17) is 18.7 Å². The van der Waals surface area contributed by atoms with Crippen molar-refractivity contribution < 1.29 is 23.5 Å². The maximum atomic E-state index is 12.2. The molecule has 146 valence electrons. The summed E-state index contributed by atoms with van der Waals surface area (Å²) in [5, 5.41) is 6.59. The fraction of sp³-hybridized carbons (Fsp3) is 0.238. The number of rotatable bonds is 9. The van der Waals surface area contributed by atoms with Crippen molar-refractivity contribution in [3.63, 3.8) is 0 Å². The maximum absolute atomic E-state index is 12.2. The molecule has 0 spiro atoms. The summed E-state index contributed by atoms with van der Waals surface area (Å²) < 4.78 is 21.5. The van der Waals surface area contributed by atoms with Crippen LogP contribution in [0.3, 0.4) is 0 Å². The fourth-order valence-electron chi connectivity index (χ4n) is 2.55. The van der Waals surface area contributed by atoms with Crippen molar-refractivity contribution in [3.8, 4) is 28.6 Å². The van der Waals surface area contributed by atoms with Crippen molar-refractivity contribution in [3.05, 3.63) is 60.3 Å². The highest BCUT2D eigenvalue weighted by atomic mass is 16.5. The molecule has 2 aromatic carbocycles. The molecule has 7 nitrogen and oxygen atoms in total. The number of amides is 1. The van der Waals surface area contributed by atoms with E-state index in [0.29, 0.717) is 37.0 Å². The lowest BCUT2D eigenvalue weighted by Crippen LogP contribution is -2.28. The zero-order chi connectivity index (χ0) is 19.8. The summed E-state index contributed by atoms with van der Waals surface area (Å²) in [5.74, 6) is 2.23. The molecule has 0 saturated heterocycles. The lowest BCUT2D eigenvalue weighted by molar-refractivity contribution is 0.0938. The zero-order valence-electron chi connectivity index (χ0n) is 15.8. The molecule has 0 bridgehead atoms. The first kappa shape index (κ1) is 19.3. The van der Waals surface area contributed by atoms with Crippen LogP contribution in [0.1, 0.15) is 17.4 Å². The molecule has 0 unspecified atom stereocenters. The van der Waals surface area contributed by atoms with E-state index < -0.39 is 0 Å². The normalized spacial score (nSPS) is 10.4. The lowest BCUT2D eigenvalue weighted by atomic mass is 10.1. The number of para-hydroxylation sites is 2. The minimum atomic E-state index is -0.329. The van der Waals surface area contributed by atoms with E-state index >= 15 is 0 Å². The zero-order valence-corrected chi connectivity index (χ0v) is 15.8. The molecule has 3 rings (SSSR count). The van der Waals surface area contributed by atoms with Gasteiger partial charge in [-0.05, 0) is 43.3 Å². The van der Waals surface area contributed by atoms with Crippen LogP contribution in [-0.4, -0.2) is 37.9 Å². The predicted octanol–water partition coefficient (Wildman–Crippen LogP) is 3.56. The van der Waals surface area contributed by atoms with Crippen LogP contribution in [0.4, 0.5) is 0 Å². The van der Waals surface area contributed by atoms with Crippen molar-refractivity contribution in [2.75, 3.05) is 26.9 Å². The van der Waals surface area contributed by atoms with Gasteiger partial charge in [-0.15, -0.1) is 0 Å². The second kappa shape index (κ2) is 9.45. The highest BCUT2D eigenvalue weighted by Gasteiger charge is 2.13. The lowest BCUT2D eigenvalue weighted by Gasteiger charge is -2.10. The van der Waals surface area contributed by atoms with Gasteiger partial charge in [-0.1, -0.05) is 17.3 Å². The van der Waals surface area contributed by atoms with Gasteiger partial charge in [0.05, 0.1) is 20.3 Å². The standard InChI is InChI=1S/C21H22N2O5/c1-3-26-16-10-8-15(9-11-16)20-14-17(23-28-20)21(24)22-12-13-27-19-7-5-4-6-18(19)25-2/h4-11,14H,3,12-13H2,1-2H3,(H,22,24). The van der Waals surface area contributed by atoms with Crippen LogP contribution in [0.2, 0.25) is 0 Å². The van der Waals surface area contributed by atoms with Crippen LogP contribution in [0.5, 0.6) is 17.2 Å². The SMILES string of the molecule is CCOc1ccc(-c2cc(C(=O)NCCOc3ccccc3OC)no2)cc1. The quantitative estimate of drug-likeness (QED) is 0.570. The van der Waals surface area contributed by atoms with Crippen molar-refractivity contribution >= 4 is 5.91 Å². The number of hydrogen-bond donors (Lipinski definition) is 1. The first-order valence-corrected chi connectivity index (χ1v) is 8.95. The molecule has 0 fully saturated rings. The summed E-state index contributed by atoms with van der Waals surface area (Å²) in [5.41, 5.74) is 1.02. The van der Waals surface area contributed by atoms with Crippen LogP contribution >= 0.6 is 0 Å². The Bertz CT molecular complexity index is 905. The number of ether oxygens (including phenoxy) is 3. The van der Waals surface area contributed by atoms with E-state index in [1.807, 2.05) is 49.4 Å². The van der Waals surface area contributed by atoms with Crippen molar-refractivity contribution in [2.45, 2.75) is 6.92 Å².